The highest BCUT2D eigenvalue weighted by Gasteiger charge is 2.30. The van der Waals surface area contributed by atoms with E-state index in [1.165, 1.54) is 6.07 Å². The van der Waals surface area contributed by atoms with E-state index in [1.807, 2.05) is 0 Å². The first-order chi connectivity index (χ1) is 10.0. The van der Waals surface area contributed by atoms with Gasteiger partial charge in [0.05, 0.1) is 18.7 Å². The van der Waals surface area contributed by atoms with E-state index in [4.69, 9.17) is 9.15 Å². The lowest BCUT2D eigenvalue weighted by molar-refractivity contribution is -0.137. The first kappa shape index (κ1) is 18.5. The van der Waals surface area contributed by atoms with Crippen LogP contribution in [0.2, 0.25) is 0 Å². The molecule has 122 valence electrons. The summed E-state index contributed by atoms with van der Waals surface area (Å²) >= 11 is 0. The molecule has 7 heteroatoms. The zero-order chi connectivity index (χ0) is 15.3. The molecule has 3 nitrogen and oxygen atoms in total. The molecule has 0 aliphatic heterocycles. The molecule has 22 heavy (non-hydrogen) atoms. The van der Waals surface area contributed by atoms with Gasteiger partial charge >= 0.3 is 6.18 Å². The predicted molar refractivity (Wildman–Crippen MR) is 80.0 cm³/mol. The molecule has 0 aliphatic rings. The molecule has 0 saturated carbocycles. The molecule has 0 fully saturated rings. The van der Waals surface area contributed by atoms with Crippen LogP contribution in [0.15, 0.2) is 40.8 Å². The molecule has 1 N–H and O–H groups in total. The first-order valence-electron chi connectivity index (χ1n) is 6.46. The van der Waals surface area contributed by atoms with E-state index in [0.717, 1.165) is 12.1 Å². The van der Waals surface area contributed by atoms with E-state index in [0.29, 0.717) is 36.8 Å². The monoisotopic (exact) mass is 335 g/mol. The highest BCUT2D eigenvalue weighted by molar-refractivity contribution is 5.85. The van der Waals surface area contributed by atoms with Crippen LogP contribution in [0.4, 0.5) is 13.2 Å². The van der Waals surface area contributed by atoms with Crippen molar-refractivity contribution in [3.63, 3.8) is 0 Å². The van der Waals surface area contributed by atoms with E-state index in [1.54, 1.807) is 25.3 Å². The number of nitrogens with one attached hydrogen (secondary N) is 1. The summed E-state index contributed by atoms with van der Waals surface area (Å²) in [6, 6.07) is 8.51. The fraction of sp³-hybridized carbons (Fsp3) is 0.333. The second-order valence-corrected chi connectivity index (χ2v) is 4.51. The van der Waals surface area contributed by atoms with Gasteiger partial charge in [-0.2, -0.15) is 13.2 Å². The van der Waals surface area contributed by atoms with E-state index >= 15 is 0 Å². The molecule has 2 aromatic rings. The smallest absolute Gasteiger partial charge is 0.416 e. The minimum Gasteiger partial charge on any atom is -0.460 e. The number of halogens is 4. The predicted octanol–water partition coefficient (Wildman–Crippen LogP) is 4.12. The Bertz CT molecular complexity index is 584. The van der Waals surface area contributed by atoms with Crippen LogP contribution in [-0.2, 0) is 17.5 Å². The van der Waals surface area contributed by atoms with Crippen molar-refractivity contribution >= 4 is 12.4 Å². The van der Waals surface area contributed by atoms with Crippen molar-refractivity contribution in [1.29, 1.82) is 0 Å². The maximum absolute atomic E-state index is 12.7. The Labute approximate surface area is 132 Å². The standard InChI is InChI=1S/C15H16F3NO2.ClH/c1-20-8-7-19-10-13-5-6-14(21-13)11-3-2-4-12(9-11)15(16,17)18;/h2-6,9,19H,7-8,10H2,1H3;1H. The van der Waals surface area contributed by atoms with E-state index in [2.05, 4.69) is 5.32 Å². The molecular weight excluding hydrogens is 319 g/mol. The number of hydrogen-bond acceptors (Lipinski definition) is 3. The third kappa shape index (κ3) is 5.05. The summed E-state index contributed by atoms with van der Waals surface area (Å²) in [6.45, 7) is 1.76. The molecule has 0 unspecified atom stereocenters. The average molecular weight is 336 g/mol. The van der Waals surface area contributed by atoms with Crippen molar-refractivity contribution < 1.29 is 22.3 Å². The Morgan fingerprint density at radius 1 is 1.18 bits per heavy atom. The fourth-order valence-electron chi connectivity index (χ4n) is 1.86. The van der Waals surface area contributed by atoms with Gasteiger partial charge in [0.15, 0.2) is 0 Å². The summed E-state index contributed by atoms with van der Waals surface area (Å²) in [5.41, 5.74) is -0.274. The number of alkyl halides is 3. The number of rotatable bonds is 6. The molecule has 0 amide bonds. The second kappa shape index (κ2) is 8.22. The summed E-state index contributed by atoms with van der Waals surface area (Å²) < 4.78 is 48.5. The van der Waals surface area contributed by atoms with Gasteiger partial charge in [0.1, 0.15) is 11.5 Å². The third-order valence-electron chi connectivity index (χ3n) is 2.92. The minimum absolute atomic E-state index is 0. The van der Waals surface area contributed by atoms with Gasteiger partial charge in [-0.1, -0.05) is 12.1 Å². The highest BCUT2D eigenvalue weighted by atomic mass is 35.5. The van der Waals surface area contributed by atoms with E-state index in [-0.39, 0.29) is 12.4 Å². The Kier molecular flexibility index (Phi) is 6.93. The summed E-state index contributed by atoms with van der Waals surface area (Å²) in [6.07, 6.45) is -4.35. The normalized spacial score (nSPS) is 11.3. The molecule has 0 bridgehead atoms. The van der Waals surface area contributed by atoms with Crippen molar-refractivity contribution in [2.24, 2.45) is 0 Å². The molecule has 0 radical (unpaired) electrons. The van der Waals surface area contributed by atoms with Crippen molar-refractivity contribution in [2.45, 2.75) is 12.7 Å². The van der Waals surface area contributed by atoms with Gasteiger partial charge < -0.3 is 14.5 Å². The van der Waals surface area contributed by atoms with Gasteiger partial charge in [0.25, 0.3) is 0 Å². The second-order valence-electron chi connectivity index (χ2n) is 4.51. The molecule has 1 aromatic heterocycles. The Morgan fingerprint density at radius 2 is 1.95 bits per heavy atom. The van der Waals surface area contributed by atoms with Crippen LogP contribution in [0.3, 0.4) is 0 Å². The summed E-state index contributed by atoms with van der Waals surface area (Å²) in [5, 5.41) is 3.10. The minimum atomic E-state index is -4.35. The Hall–Kier alpha value is -1.50. The van der Waals surface area contributed by atoms with Gasteiger partial charge in [0, 0.05) is 19.2 Å². The SMILES string of the molecule is COCCNCc1ccc(-c2cccc(C(F)(F)F)c2)o1.Cl. The Balaban J connectivity index is 0.00000242. The van der Waals surface area contributed by atoms with Crippen LogP contribution in [0.1, 0.15) is 11.3 Å². The third-order valence-corrected chi connectivity index (χ3v) is 2.92. The molecule has 1 aromatic carbocycles. The van der Waals surface area contributed by atoms with Gasteiger partial charge in [-0.3, -0.25) is 0 Å². The highest BCUT2D eigenvalue weighted by Crippen LogP contribution is 2.32. The lowest BCUT2D eigenvalue weighted by Gasteiger charge is -2.07. The fourth-order valence-corrected chi connectivity index (χ4v) is 1.86. The molecule has 0 atom stereocenters. The zero-order valence-corrected chi connectivity index (χ0v) is 12.8. The molecule has 0 aliphatic carbocycles. The maximum Gasteiger partial charge on any atom is 0.416 e. The van der Waals surface area contributed by atoms with Crippen LogP contribution in [-0.4, -0.2) is 20.3 Å². The average Bonchev–Trinajstić information content (AvgIpc) is 2.92. The number of furan rings is 1. The van der Waals surface area contributed by atoms with Crippen LogP contribution >= 0.6 is 12.4 Å². The van der Waals surface area contributed by atoms with Gasteiger partial charge in [-0.25, -0.2) is 0 Å². The van der Waals surface area contributed by atoms with Crippen molar-refractivity contribution in [1.82, 2.24) is 5.32 Å². The molecular formula is C15H17ClF3NO2. The number of methoxy groups -OCH3 is 1. The molecule has 0 spiro atoms. The quantitative estimate of drug-likeness (QED) is 0.806. The topological polar surface area (TPSA) is 34.4 Å². The molecule has 0 saturated heterocycles. The van der Waals surface area contributed by atoms with Gasteiger partial charge in [0.2, 0.25) is 0 Å². The van der Waals surface area contributed by atoms with Gasteiger partial charge in [-0.05, 0) is 24.3 Å². The Morgan fingerprint density at radius 3 is 2.64 bits per heavy atom. The van der Waals surface area contributed by atoms with Gasteiger partial charge in [-0.15, -0.1) is 12.4 Å². The molecule has 1 heterocycles. The van der Waals surface area contributed by atoms with E-state index < -0.39 is 11.7 Å². The van der Waals surface area contributed by atoms with Crippen LogP contribution < -0.4 is 5.32 Å². The number of benzene rings is 1. The molecule has 2 rings (SSSR count). The maximum atomic E-state index is 12.7. The lowest BCUT2D eigenvalue weighted by atomic mass is 10.1. The first-order valence-corrected chi connectivity index (χ1v) is 6.46. The van der Waals surface area contributed by atoms with Crippen LogP contribution in [0.25, 0.3) is 11.3 Å². The summed E-state index contributed by atoms with van der Waals surface area (Å²) in [7, 11) is 1.61. The van der Waals surface area contributed by atoms with Crippen molar-refractivity contribution in [3.05, 3.63) is 47.7 Å². The number of ether oxygens (including phenoxy) is 1. The van der Waals surface area contributed by atoms with Crippen LogP contribution in [0.5, 0.6) is 0 Å². The van der Waals surface area contributed by atoms with E-state index in [9.17, 15) is 13.2 Å². The lowest BCUT2D eigenvalue weighted by Crippen LogP contribution is -2.18. The summed E-state index contributed by atoms with van der Waals surface area (Å²) in [5.74, 6) is 1.09. The van der Waals surface area contributed by atoms with Crippen molar-refractivity contribution in [3.8, 4) is 11.3 Å². The zero-order valence-electron chi connectivity index (χ0n) is 11.9. The largest absolute Gasteiger partial charge is 0.460 e. The summed E-state index contributed by atoms with van der Waals surface area (Å²) in [4.78, 5) is 0. The number of hydrogen-bond donors (Lipinski definition) is 1. The van der Waals surface area contributed by atoms with Crippen LogP contribution in [0, 0.1) is 0 Å². The van der Waals surface area contributed by atoms with Crippen molar-refractivity contribution in [2.75, 3.05) is 20.3 Å².